The molecule has 0 aliphatic rings. The maximum Gasteiger partial charge on any atom is 0.310 e. The van der Waals surface area contributed by atoms with E-state index in [-0.39, 0.29) is 17.9 Å². The molecule has 0 atom stereocenters. The summed E-state index contributed by atoms with van der Waals surface area (Å²) in [6.07, 6.45) is 1.45. The second kappa shape index (κ2) is 4.82. The number of pyridine rings is 1. The Morgan fingerprint density at radius 3 is 2.71 bits per heavy atom. The van der Waals surface area contributed by atoms with Crippen molar-refractivity contribution in [3.05, 3.63) is 24.0 Å². The summed E-state index contributed by atoms with van der Waals surface area (Å²) in [6, 6.07) is 3.18. The van der Waals surface area contributed by atoms with E-state index in [9.17, 15) is 9.59 Å². The van der Waals surface area contributed by atoms with Gasteiger partial charge in [0.15, 0.2) is 5.69 Å². The number of nitrogen functional groups attached to an aromatic ring is 1. The maximum absolute atomic E-state index is 11.7. The normalized spacial score (nSPS) is 10.9. The first-order valence-corrected chi connectivity index (χ1v) is 5.06. The summed E-state index contributed by atoms with van der Waals surface area (Å²) in [4.78, 5) is 26.4. The summed E-state index contributed by atoms with van der Waals surface area (Å²) < 4.78 is 0. The zero-order chi connectivity index (χ0) is 13.1. The highest BCUT2D eigenvalue weighted by atomic mass is 16.4. The van der Waals surface area contributed by atoms with E-state index in [4.69, 9.17) is 10.8 Å². The van der Waals surface area contributed by atoms with Gasteiger partial charge < -0.3 is 16.2 Å². The third-order valence-corrected chi connectivity index (χ3v) is 2.32. The lowest BCUT2D eigenvalue weighted by molar-refractivity contribution is -0.146. The zero-order valence-electron chi connectivity index (χ0n) is 9.73. The van der Waals surface area contributed by atoms with Crippen LogP contribution in [0.1, 0.15) is 24.3 Å². The Morgan fingerprint density at radius 2 is 2.18 bits per heavy atom. The number of aliphatic carboxylic acids is 1. The van der Waals surface area contributed by atoms with Crippen LogP contribution < -0.4 is 11.1 Å². The molecule has 1 rings (SSSR count). The zero-order valence-corrected chi connectivity index (χ0v) is 9.73. The number of carboxylic acid groups (broad SMARTS) is 1. The molecule has 17 heavy (non-hydrogen) atoms. The van der Waals surface area contributed by atoms with E-state index < -0.39 is 17.3 Å². The average molecular weight is 237 g/mol. The van der Waals surface area contributed by atoms with Gasteiger partial charge in [-0.3, -0.25) is 9.59 Å². The number of rotatable bonds is 4. The first kappa shape index (κ1) is 13.0. The molecule has 1 aromatic rings. The fourth-order valence-corrected chi connectivity index (χ4v) is 1.07. The fraction of sp³-hybridized carbons (Fsp3) is 0.364. The van der Waals surface area contributed by atoms with E-state index in [1.807, 2.05) is 0 Å². The SMILES string of the molecule is CC(C)(CNC(=O)c1ncccc1N)C(=O)O. The van der Waals surface area contributed by atoms with E-state index in [0.717, 1.165) is 0 Å². The first-order valence-electron chi connectivity index (χ1n) is 5.06. The van der Waals surface area contributed by atoms with Gasteiger partial charge in [0.25, 0.3) is 5.91 Å². The van der Waals surface area contributed by atoms with Gasteiger partial charge in [-0.2, -0.15) is 0 Å². The molecule has 0 bridgehead atoms. The summed E-state index contributed by atoms with van der Waals surface area (Å²) in [5, 5.41) is 11.4. The van der Waals surface area contributed by atoms with Crippen LogP contribution >= 0.6 is 0 Å². The van der Waals surface area contributed by atoms with Crippen molar-refractivity contribution < 1.29 is 14.7 Å². The van der Waals surface area contributed by atoms with Crippen molar-refractivity contribution in [1.82, 2.24) is 10.3 Å². The highest BCUT2D eigenvalue weighted by Crippen LogP contribution is 2.14. The van der Waals surface area contributed by atoms with Gasteiger partial charge in [-0.05, 0) is 26.0 Å². The van der Waals surface area contributed by atoms with Gasteiger partial charge in [0.05, 0.1) is 11.1 Å². The summed E-state index contributed by atoms with van der Waals surface area (Å²) in [7, 11) is 0. The summed E-state index contributed by atoms with van der Waals surface area (Å²) in [6.45, 7) is 3.06. The lowest BCUT2D eigenvalue weighted by Crippen LogP contribution is -2.39. The highest BCUT2D eigenvalue weighted by molar-refractivity contribution is 5.97. The lowest BCUT2D eigenvalue weighted by atomic mass is 9.94. The van der Waals surface area contributed by atoms with Crippen molar-refractivity contribution in [3.8, 4) is 0 Å². The third-order valence-electron chi connectivity index (χ3n) is 2.32. The molecule has 0 unspecified atom stereocenters. The first-order chi connectivity index (χ1) is 7.84. The number of hydrogen-bond donors (Lipinski definition) is 3. The quantitative estimate of drug-likeness (QED) is 0.707. The van der Waals surface area contributed by atoms with Crippen molar-refractivity contribution >= 4 is 17.6 Å². The number of anilines is 1. The fourth-order valence-electron chi connectivity index (χ4n) is 1.07. The Labute approximate surface area is 98.8 Å². The predicted octanol–water partition coefficient (Wildman–Crippen LogP) is 0.504. The minimum absolute atomic E-state index is 0.0111. The van der Waals surface area contributed by atoms with Crippen molar-refractivity contribution in [3.63, 3.8) is 0 Å². The van der Waals surface area contributed by atoms with Gasteiger partial charge in [-0.25, -0.2) is 4.98 Å². The number of carboxylic acids is 1. The van der Waals surface area contributed by atoms with Crippen LogP contribution in [0.3, 0.4) is 0 Å². The van der Waals surface area contributed by atoms with E-state index >= 15 is 0 Å². The third kappa shape index (κ3) is 3.17. The molecule has 0 aliphatic carbocycles. The largest absolute Gasteiger partial charge is 0.481 e. The van der Waals surface area contributed by atoms with Gasteiger partial charge >= 0.3 is 5.97 Å². The van der Waals surface area contributed by atoms with Gasteiger partial charge in [-0.15, -0.1) is 0 Å². The molecule has 1 heterocycles. The standard InChI is InChI=1S/C11H15N3O3/c1-11(2,10(16)17)6-14-9(15)8-7(12)4-3-5-13-8/h3-5H,6,12H2,1-2H3,(H,14,15)(H,16,17). The van der Waals surface area contributed by atoms with Crippen LogP contribution in [-0.2, 0) is 4.79 Å². The number of carbonyl (C=O) groups is 2. The van der Waals surface area contributed by atoms with Crippen LogP contribution in [0.5, 0.6) is 0 Å². The van der Waals surface area contributed by atoms with E-state index in [1.54, 1.807) is 12.1 Å². The molecular weight excluding hydrogens is 222 g/mol. The molecule has 0 fully saturated rings. The molecule has 6 heteroatoms. The Balaban J connectivity index is 2.69. The molecule has 6 nitrogen and oxygen atoms in total. The van der Waals surface area contributed by atoms with Crippen LogP contribution in [0.25, 0.3) is 0 Å². The summed E-state index contributed by atoms with van der Waals surface area (Å²) in [5.74, 6) is -1.45. The maximum atomic E-state index is 11.7. The minimum Gasteiger partial charge on any atom is -0.481 e. The highest BCUT2D eigenvalue weighted by Gasteiger charge is 2.28. The van der Waals surface area contributed by atoms with Crippen molar-refractivity contribution in [2.75, 3.05) is 12.3 Å². The molecule has 0 radical (unpaired) electrons. The van der Waals surface area contributed by atoms with E-state index in [1.165, 1.54) is 20.0 Å². The lowest BCUT2D eigenvalue weighted by Gasteiger charge is -2.19. The number of nitrogens with one attached hydrogen (secondary N) is 1. The van der Waals surface area contributed by atoms with Crippen LogP contribution in [0.4, 0.5) is 5.69 Å². The number of aromatic nitrogens is 1. The van der Waals surface area contributed by atoms with Gasteiger partial charge in [0.2, 0.25) is 0 Å². The number of nitrogens with zero attached hydrogens (tertiary/aromatic N) is 1. The summed E-state index contributed by atoms with van der Waals surface area (Å²) in [5.41, 5.74) is 4.92. The van der Waals surface area contributed by atoms with Gasteiger partial charge in [-0.1, -0.05) is 0 Å². The van der Waals surface area contributed by atoms with Crippen molar-refractivity contribution in [2.24, 2.45) is 5.41 Å². The molecule has 92 valence electrons. The predicted molar refractivity (Wildman–Crippen MR) is 62.4 cm³/mol. The Kier molecular flexibility index (Phi) is 3.67. The number of nitrogens with two attached hydrogens (primary N) is 1. The molecule has 0 saturated carbocycles. The molecule has 0 aliphatic heterocycles. The number of hydrogen-bond acceptors (Lipinski definition) is 4. The molecule has 4 N–H and O–H groups in total. The molecule has 0 spiro atoms. The van der Waals surface area contributed by atoms with Crippen LogP contribution in [0.15, 0.2) is 18.3 Å². The van der Waals surface area contributed by atoms with Crippen molar-refractivity contribution in [2.45, 2.75) is 13.8 Å². The van der Waals surface area contributed by atoms with E-state index in [0.29, 0.717) is 0 Å². The average Bonchev–Trinajstić information content (AvgIpc) is 2.26. The molecular formula is C11H15N3O3. The number of amides is 1. The second-order valence-corrected chi connectivity index (χ2v) is 4.31. The van der Waals surface area contributed by atoms with Gasteiger partial charge in [0, 0.05) is 12.7 Å². The van der Waals surface area contributed by atoms with Crippen LogP contribution in [-0.4, -0.2) is 28.5 Å². The van der Waals surface area contributed by atoms with E-state index in [2.05, 4.69) is 10.3 Å². The van der Waals surface area contributed by atoms with Crippen LogP contribution in [0, 0.1) is 5.41 Å². The Hall–Kier alpha value is -2.11. The monoisotopic (exact) mass is 237 g/mol. The second-order valence-electron chi connectivity index (χ2n) is 4.31. The van der Waals surface area contributed by atoms with Crippen molar-refractivity contribution in [1.29, 1.82) is 0 Å². The topological polar surface area (TPSA) is 105 Å². The smallest absolute Gasteiger partial charge is 0.310 e. The molecule has 0 aromatic carbocycles. The molecule has 1 aromatic heterocycles. The Bertz CT molecular complexity index is 443. The van der Waals surface area contributed by atoms with Crippen LogP contribution in [0.2, 0.25) is 0 Å². The summed E-state index contributed by atoms with van der Waals surface area (Å²) >= 11 is 0. The molecule has 1 amide bonds. The van der Waals surface area contributed by atoms with Gasteiger partial charge in [0.1, 0.15) is 0 Å². The molecule has 0 saturated heterocycles. The number of carbonyl (C=O) groups excluding carboxylic acids is 1. The Morgan fingerprint density at radius 1 is 1.53 bits per heavy atom. The minimum atomic E-state index is -1.03.